The number of hydrogen-bond acceptors (Lipinski definition) is 1. The molecule has 0 aromatic carbocycles. The van der Waals surface area contributed by atoms with E-state index in [9.17, 15) is 5.11 Å². The smallest absolute Gasteiger partial charge is 0.0953 e. The van der Waals surface area contributed by atoms with Gasteiger partial charge in [-0.05, 0) is 31.4 Å². The maximum atomic E-state index is 10.6. The fourth-order valence-corrected chi connectivity index (χ4v) is 4.09. The van der Waals surface area contributed by atoms with Gasteiger partial charge in [0.1, 0.15) is 0 Å². The summed E-state index contributed by atoms with van der Waals surface area (Å²) in [5, 5.41) is 10.2. The first-order valence-electron chi connectivity index (χ1n) is 5.34. The van der Waals surface area contributed by atoms with Crippen molar-refractivity contribution in [2.45, 2.75) is 64.9 Å². The van der Waals surface area contributed by atoms with Crippen molar-refractivity contribution in [1.29, 1.82) is 0 Å². The SMILES string of the molecule is C/C=C(/C)[C@@](C)(O)[Si](C)(C)C(C)(C)C. The van der Waals surface area contributed by atoms with Gasteiger partial charge in [-0.25, -0.2) is 0 Å². The highest BCUT2D eigenvalue weighted by molar-refractivity contribution is 6.83. The molecule has 0 amide bonds. The molecule has 0 spiro atoms. The molecule has 0 fully saturated rings. The van der Waals surface area contributed by atoms with Gasteiger partial charge in [-0.1, -0.05) is 39.9 Å². The van der Waals surface area contributed by atoms with Crippen LogP contribution in [0.1, 0.15) is 41.5 Å². The molecule has 0 aliphatic carbocycles. The molecule has 0 radical (unpaired) electrons. The zero-order valence-corrected chi connectivity index (χ0v) is 12.0. The normalized spacial score (nSPS) is 19.4. The summed E-state index contributed by atoms with van der Waals surface area (Å²) in [7, 11) is -1.73. The summed E-state index contributed by atoms with van der Waals surface area (Å²) in [6.07, 6.45) is 2.03. The Kier molecular flexibility index (Phi) is 3.80. The minimum absolute atomic E-state index is 0.209. The van der Waals surface area contributed by atoms with Gasteiger partial charge >= 0.3 is 0 Å². The Hall–Kier alpha value is -0.0831. The van der Waals surface area contributed by atoms with Crippen LogP contribution in [0.5, 0.6) is 0 Å². The first kappa shape index (κ1) is 13.9. The lowest BCUT2D eigenvalue weighted by molar-refractivity contribution is 0.168. The van der Waals surface area contributed by atoms with Crippen LogP contribution in [0.15, 0.2) is 11.6 Å². The van der Waals surface area contributed by atoms with Gasteiger partial charge in [0.2, 0.25) is 0 Å². The summed E-state index contributed by atoms with van der Waals surface area (Å²) in [6.45, 7) is 17.2. The minimum atomic E-state index is -1.73. The van der Waals surface area contributed by atoms with Gasteiger partial charge in [0.15, 0.2) is 0 Å². The Bertz CT molecular complexity index is 231. The standard InChI is InChI=1S/C12H26OSi/c1-9-10(2)12(6,13)14(7,8)11(3,4)5/h9,13H,1-8H3/b10-9-/t12-/m0/s1. The average Bonchev–Trinajstić information content (AvgIpc) is 2.00. The molecule has 1 atom stereocenters. The molecular weight excluding hydrogens is 188 g/mol. The van der Waals surface area contributed by atoms with Crippen molar-refractivity contribution < 1.29 is 5.11 Å². The van der Waals surface area contributed by atoms with Gasteiger partial charge in [0, 0.05) is 0 Å². The molecule has 0 aromatic heterocycles. The van der Waals surface area contributed by atoms with Crippen LogP contribution in [0.3, 0.4) is 0 Å². The van der Waals surface area contributed by atoms with E-state index in [1.807, 2.05) is 26.8 Å². The number of rotatable bonds is 2. The van der Waals surface area contributed by atoms with Crippen molar-refractivity contribution in [3.8, 4) is 0 Å². The lowest BCUT2D eigenvalue weighted by atomic mass is 10.2. The lowest BCUT2D eigenvalue weighted by Gasteiger charge is -2.48. The van der Waals surface area contributed by atoms with Gasteiger partial charge in [0.05, 0.1) is 13.3 Å². The first-order valence-corrected chi connectivity index (χ1v) is 8.34. The molecule has 0 aliphatic rings. The van der Waals surface area contributed by atoms with Crippen LogP contribution >= 0.6 is 0 Å². The van der Waals surface area contributed by atoms with Crippen molar-refractivity contribution in [2.24, 2.45) is 0 Å². The van der Waals surface area contributed by atoms with E-state index in [0.29, 0.717) is 0 Å². The third-order valence-electron chi connectivity index (χ3n) is 4.29. The predicted octanol–water partition coefficient (Wildman–Crippen LogP) is 3.75. The van der Waals surface area contributed by atoms with Gasteiger partial charge in [-0.3, -0.25) is 0 Å². The molecule has 0 aliphatic heterocycles. The van der Waals surface area contributed by atoms with Crippen LogP contribution < -0.4 is 0 Å². The van der Waals surface area contributed by atoms with Crippen LogP contribution in [-0.2, 0) is 0 Å². The summed E-state index contributed by atoms with van der Waals surface area (Å²) in [5.41, 5.74) is 1.10. The topological polar surface area (TPSA) is 20.2 Å². The summed E-state index contributed by atoms with van der Waals surface area (Å²) >= 11 is 0. The van der Waals surface area contributed by atoms with Crippen molar-refractivity contribution in [2.75, 3.05) is 0 Å². The van der Waals surface area contributed by atoms with Crippen molar-refractivity contribution in [3.63, 3.8) is 0 Å². The molecular formula is C12H26OSi. The second kappa shape index (κ2) is 3.82. The molecule has 0 bridgehead atoms. The molecule has 0 aromatic rings. The molecule has 14 heavy (non-hydrogen) atoms. The zero-order chi connectivity index (χ0) is 11.8. The van der Waals surface area contributed by atoms with Gasteiger partial charge in [0.25, 0.3) is 0 Å². The van der Waals surface area contributed by atoms with E-state index in [4.69, 9.17) is 0 Å². The minimum Gasteiger partial charge on any atom is -0.389 e. The molecule has 0 saturated carbocycles. The third kappa shape index (κ3) is 2.11. The molecule has 1 N–H and O–H groups in total. The van der Waals surface area contributed by atoms with Gasteiger partial charge < -0.3 is 5.11 Å². The van der Waals surface area contributed by atoms with E-state index >= 15 is 0 Å². The first-order chi connectivity index (χ1) is 5.98. The second-order valence-electron chi connectivity index (χ2n) is 5.92. The molecule has 0 heterocycles. The van der Waals surface area contributed by atoms with Crippen LogP contribution in [0.25, 0.3) is 0 Å². The fraction of sp³-hybridized carbons (Fsp3) is 0.833. The fourth-order valence-electron chi connectivity index (χ4n) is 1.50. The number of hydrogen-bond donors (Lipinski definition) is 1. The van der Waals surface area contributed by atoms with E-state index in [1.54, 1.807) is 0 Å². The Morgan fingerprint density at radius 3 is 1.71 bits per heavy atom. The number of aliphatic hydroxyl groups is 1. The van der Waals surface area contributed by atoms with E-state index in [1.165, 1.54) is 0 Å². The van der Waals surface area contributed by atoms with E-state index < -0.39 is 13.3 Å². The summed E-state index contributed by atoms with van der Waals surface area (Å²) in [6, 6.07) is 0. The van der Waals surface area contributed by atoms with Crippen molar-refractivity contribution >= 4 is 8.07 Å². The van der Waals surface area contributed by atoms with Crippen LogP contribution in [-0.4, -0.2) is 18.4 Å². The Labute approximate surface area is 90.2 Å². The van der Waals surface area contributed by atoms with E-state index in [2.05, 4.69) is 33.9 Å². The highest BCUT2D eigenvalue weighted by atomic mass is 28.3. The van der Waals surface area contributed by atoms with Crippen LogP contribution in [0.4, 0.5) is 0 Å². The predicted molar refractivity (Wildman–Crippen MR) is 67.3 cm³/mol. The molecule has 0 rings (SSSR count). The summed E-state index contributed by atoms with van der Waals surface area (Å²) < 4.78 is 0. The van der Waals surface area contributed by atoms with E-state index in [-0.39, 0.29) is 5.04 Å². The maximum Gasteiger partial charge on any atom is 0.0953 e. The average molecular weight is 214 g/mol. The van der Waals surface area contributed by atoms with Crippen molar-refractivity contribution in [1.82, 2.24) is 0 Å². The van der Waals surface area contributed by atoms with Gasteiger partial charge in [-0.2, -0.15) is 0 Å². The monoisotopic (exact) mass is 214 g/mol. The third-order valence-corrected chi connectivity index (χ3v) is 10.9. The van der Waals surface area contributed by atoms with Crippen LogP contribution in [0, 0.1) is 0 Å². The second-order valence-corrected chi connectivity index (χ2v) is 11.6. The molecule has 0 saturated heterocycles. The highest BCUT2D eigenvalue weighted by Gasteiger charge is 2.49. The van der Waals surface area contributed by atoms with Gasteiger partial charge in [-0.15, -0.1) is 0 Å². The summed E-state index contributed by atoms with van der Waals surface area (Å²) in [5.74, 6) is 0. The van der Waals surface area contributed by atoms with Crippen molar-refractivity contribution in [3.05, 3.63) is 11.6 Å². The zero-order valence-electron chi connectivity index (χ0n) is 11.0. The van der Waals surface area contributed by atoms with E-state index in [0.717, 1.165) is 5.57 Å². The number of allylic oxidation sites excluding steroid dienone is 1. The quantitative estimate of drug-likeness (QED) is 0.548. The lowest BCUT2D eigenvalue weighted by Crippen LogP contribution is -2.58. The van der Waals surface area contributed by atoms with Crippen LogP contribution in [0.2, 0.25) is 18.1 Å². The molecule has 84 valence electrons. The summed E-state index contributed by atoms with van der Waals surface area (Å²) in [4.78, 5) is 0. The molecule has 0 unspecified atom stereocenters. The largest absolute Gasteiger partial charge is 0.389 e. The molecule has 1 nitrogen and oxygen atoms in total. The maximum absolute atomic E-state index is 10.6. The Morgan fingerprint density at radius 2 is 1.50 bits per heavy atom. The Morgan fingerprint density at radius 1 is 1.14 bits per heavy atom. The Balaban J connectivity index is 5.29. The highest BCUT2D eigenvalue weighted by Crippen LogP contribution is 2.45. The molecule has 2 heteroatoms.